The van der Waals surface area contributed by atoms with Gasteiger partial charge >= 0.3 is 7.48 Å². The summed E-state index contributed by atoms with van der Waals surface area (Å²) in [5.41, 5.74) is 1.45. The molecule has 0 atom stereocenters. The van der Waals surface area contributed by atoms with Crippen LogP contribution in [0.2, 0.25) is 0 Å². The van der Waals surface area contributed by atoms with Gasteiger partial charge in [0.2, 0.25) is 0 Å². The molecule has 0 spiro atoms. The van der Waals surface area contributed by atoms with Crippen molar-refractivity contribution in [3.63, 3.8) is 0 Å². The lowest BCUT2D eigenvalue weighted by Crippen LogP contribution is -2.49. The van der Waals surface area contributed by atoms with E-state index >= 15 is 0 Å². The molecule has 0 aliphatic heterocycles. The zero-order valence-corrected chi connectivity index (χ0v) is 12.1. The van der Waals surface area contributed by atoms with Crippen LogP contribution < -0.4 is 5.46 Å². The lowest BCUT2D eigenvalue weighted by atomic mass is 9.79. The third-order valence-electron chi connectivity index (χ3n) is 4.24. The molecule has 0 amide bonds. The first kappa shape index (κ1) is 14.3. The first-order valence-corrected chi connectivity index (χ1v) is 6.73. The highest BCUT2D eigenvalue weighted by molar-refractivity contribution is 6.48. The van der Waals surface area contributed by atoms with E-state index in [-0.39, 0.29) is 5.78 Å². The summed E-state index contributed by atoms with van der Waals surface area (Å²) in [6.07, 6.45) is 1.40. The Hall–Kier alpha value is -1.13. The van der Waals surface area contributed by atoms with Crippen LogP contribution in [0.3, 0.4) is 0 Å². The van der Waals surface area contributed by atoms with Gasteiger partial charge in [0.25, 0.3) is 0 Å². The van der Waals surface area contributed by atoms with Crippen LogP contribution in [0.25, 0.3) is 0 Å². The van der Waals surface area contributed by atoms with Crippen LogP contribution >= 0.6 is 0 Å². The lowest BCUT2D eigenvalue weighted by Gasteiger charge is -2.37. The molecule has 0 bridgehead atoms. The van der Waals surface area contributed by atoms with Gasteiger partial charge in [-0.2, -0.15) is 0 Å². The predicted molar refractivity (Wildman–Crippen MR) is 77.3 cm³/mol. The number of hydrogen-bond acceptors (Lipinski definition) is 3. The van der Waals surface area contributed by atoms with E-state index in [4.69, 9.17) is 4.65 Å². The van der Waals surface area contributed by atoms with Crippen LogP contribution in [0.15, 0.2) is 18.2 Å². The van der Waals surface area contributed by atoms with Gasteiger partial charge < -0.3 is 9.76 Å². The number of hydrogen-bond donors (Lipinski definition) is 1. The van der Waals surface area contributed by atoms with Crippen LogP contribution in [0, 0.1) is 0 Å². The second-order valence-corrected chi connectivity index (χ2v) is 6.22. The topological polar surface area (TPSA) is 46.5 Å². The van der Waals surface area contributed by atoms with Gasteiger partial charge in [-0.25, -0.2) is 0 Å². The van der Waals surface area contributed by atoms with Gasteiger partial charge in [-0.15, -0.1) is 0 Å². The molecule has 4 heteroatoms. The second kappa shape index (κ2) is 4.76. The maximum Gasteiger partial charge on any atom is 0.309 e. The van der Waals surface area contributed by atoms with E-state index in [1.165, 1.54) is 0 Å². The van der Waals surface area contributed by atoms with Crippen molar-refractivity contribution in [3.8, 4) is 0 Å². The SMILES string of the molecule is CC(C)(O)C(C)(C)OBc1cccc2c1CCC2=O. The molecule has 19 heavy (non-hydrogen) atoms. The molecule has 0 radical (unpaired) electrons. The fourth-order valence-electron chi connectivity index (χ4n) is 2.13. The molecule has 2 rings (SSSR count). The second-order valence-electron chi connectivity index (χ2n) is 6.22. The molecule has 1 aliphatic carbocycles. The van der Waals surface area contributed by atoms with E-state index < -0.39 is 11.2 Å². The Kier molecular flexibility index (Phi) is 3.58. The minimum atomic E-state index is -0.916. The summed E-state index contributed by atoms with van der Waals surface area (Å²) >= 11 is 0. The predicted octanol–water partition coefficient (Wildman–Crippen LogP) is 1.36. The number of rotatable bonds is 4. The van der Waals surface area contributed by atoms with E-state index in [0.717, 1.165) is 23.0 Å². The van der Waals surface area contributed by atoms with Crippen molar-refractivity contribution in [1.29, 1.82) is 0 Å². The lowest BCUT2D eigenvalue weighted by molar-refractivity contribution is -0.0893. The van der Waals surface area contributed by atoms with E-state index in [1.54, 1.807) is 13.8 Å². The summed E-state index contributed by atoms with van der Waals surface area (Å²) in [6, 6.07) is 5.78. The van der Waals surface area contributed by atoms with Gasteiger partial charge in [-0.05, 0) is 45.1 Å². The van der Waals surface area contributed by atoms with Gasteiger partial charge in [-0.1, -0.05) is 18.2 Å². The third-order valence-corrected chi connectivity index (χ3v) is 4.24. The van der Waals surface area contributed by atoms with Crippen LogP contribution in [-0.2, 0) is 11.1 Å². The molecule has 1 aromatic carbocycles. The Bertz CT molecular complexity index is 501. The molecule has 1 aromatic rings. The summed E-state index contributed by atoms with van der Waals surface area (Å²) in [5.74, 6) is 0.221. The first-order valence-electron chi connectivity index (χ1n) is 6.73. The zero-order valence-electron chi connectivity index (χ0n) is 12.1. The molecule has 0 unspecified atom stereocenters. The molecule has 0 saturated carbocycles. The van der Waals surface area contributed by atoms with E-state index in [1.807, 2.05) is 32.0 Å². The molecule has 102 valence electrons. The summed E-state index contributed by atoms with van der Waals surface area (Å²) in [4.78, 5) is 11.7. The van der Waals surface area contributed by atoms with Crippen molar-refractivity contribution in [2.75, 3.05) is 0 Å². The summed E-state index contributed by atoms with van der Waals surface area (Å²) in [6.45, 7) is 7.24. The third kappa shape index (κ3) is 2.75. The molecule has 1 N–H and O–H groups in total. The molecule has 0 saturated heterocycles. The summed E-state index contributed by atoms with van der Waals surface area (Å²) in [7, 11) is 0.424. The summed E-state index contributed by atoms with van der Waals surface area (Å²) < 4.78 is 5.88. The van der Waals surface area contributed by atoms with Crippen molar-refractivity contribution in [3.05, 3.63) is 29.3 Å². The maximum absolute atomic E-state index is 11.7. The van der Waals surface area contributed by atoms with E-state index in [9.17, 15) is 9.90 Å². The maximum atomic E-state index is 11.7. The van der Waals surface area contributed by atoms with Gasteiger partial charge in [-0.3, -0.25) is 4.79 Å². The Morgan fingerprint density at radius 2 is 1.89 bits per heavy atom. The Morgan fingerprint density at radius 3 is 2.53 bits per heavy atom. The first-order chi connectivity index (χ1) is 8.72. The van der Waals surface area contributed by atoms with Gasteiger partial charge in [0, 0.05) is 12.0 Å². The van der Waals surface area contributed by atoms with Crippen LogP contribution in [0.4, 0.5) is 0 Å². The highest BCUT2D eigenvalue weighted by Crippen LogP contribution is 2.25. The average Bonchev–Trinajstić information content (AvgIpc) is 2.68. The highest BCUT2D eigenvalue weighted by atomic mass is 16.5. The Morgan fingerprint density at radius 1 is 1.21 bits per heavy atom. The minimum Gasteiger partial charge on any atom is -0.427 e. The molecule has 0 aromatic heterocycles. The molecular weight excluding hydrogens is 239 g/mol. The van der Waals surface area contributed by atoms with Crippen LogP contribution in [-0.4, -0.2) is 29.6 Å². The van der Waals surface area contributed by atoms with Crippen molar-refractivity contribution in [2.45, 2.75) is 51.7 Å². The quantitative estimate of drug-likeness (QED) is 0.831. The largest absolute Gasteiger partial charge is 0.427 e. The minimum absolute atomic E-state index is 0.221. The normalized spacial score (nSPS) is 15.5. The fraction of sp³-hybridized carbons (Fsp3) is 0.533. The Balaban J connectivity index is 2.16. The van der Waals surface area contributed by atoms with E-state index in [2.05, 4.69) is 0 Å². The monoisotopic (exact) mass is 260 g/mol. The Labute approximate surface area is 115 Å². The molecule has 3 nitrogen and oxygen atoms in total. The average molecular weight is 260 g/mol. The zero-order chi connectivity index (χ0) is 14.3. The number of ketones is 1. The molecular formula is C15H21BO3. The van der Waals surface area contributed by atoms with Gasteiger partial charge in [0.05, 0.1) is 11.2 Å². The van der Waals surface area contributed by atoms with Crippen molar-refractivity contribution in [2.24, 2.45) is 0 Å². The number of aliphatic hydroxyl groups is 1. The number of carbonyl (C=O) groups excluding carboxylic acids is 1. The van der Waals surface area contributed by atoms with Crippen molar-refractivity contribution in [1.82, 2.24) is 0 Å². The van der Waals surface area contributed by atoms with Crippen LogP contribution in [0.1, 0.15) is 50.0 Å². The fourth-order valence-corrected chi connectivity index (χ4v) is 2.13. The standard InChI is InChI=1S/C15H21BO3/c1-14(2,18)15(3,4)19-16-12-7-5-6-11-10(12)8-9-13(11)17/h5-7,16,18H,8-9H2,1-4H3. The number of fused-ring (bicyclic) bond motifs is 1. The number of Topliss-reactive ketones (excluding diaryl/α,β-unsaturated/α-hetero) is 1. The smallest absolute Gasteiger partial charge is 0.309 e. The molecule has 0 heterocycles. The van der Waals surface area contributed by atoms with Gasteiger partial charge in [0.15, 0.2) is 5.78 Å². The van der Waals surface area contributed by atoms with Crippen molar-refractivity contribution < 1.29 is 14.6 Å². The highest BCUT2D eigenvalue weighted by Gasteiger charge is 2.36. The number of carbonyl (C=O) groups is 1. The van der Waals surface area contributed by atoms with E-state index in [0.29, 0.717) is 13.9 Å². The summed E-state index contributed by atoms with van der Waals surface area (Å²) in [5, 5.41) is 10.1. The van der Waals surface area contributed by atoms with Crippen LogP contribution in [0.5, 0.6) is 0 Å². The number of benzene rings is 1. The molecule has 1 aliphatic rings. The van der Waals surface area contributed by atoms with Crippen molar-refractivity contribution >= 4 is 18.7 Å². The van der Waals surface area contributed by atoms with Gasteiger partial charge in [0.1, 0.15) is 0 Å². The molecule has 0 fully saturated rings.